The van der Waals surface area contributed by atoms with Gasteiger partial charge in [-0.15, -0.1) is 0 Å². The molecular weight excluding hydrogens is 356 g/mol. The Kier molecular flexibility index (Phi) is 8.03. The average molecular weight is 389 g/mol. The fourth-order valence-corrected chi connectivity index (χ4v) is 3.65. The molecule has 28 heavy (non-hydrogen) atoms. The zero-order valence-corrected chi connectivity index (χ0v) is 17.1. The lowest BCUT2D eigenvalue weighted by Crippen LogP contribution is -2.43. The van der Waals surface area contributed by atoms with Crippen molar-refractivity contribution >= 4 is 17.8 Å². The van der Waals surface area contributed by atoms with Crippen molar-refractivity contribution in [1.82, 2.24) is 10.2 Å². The molecule has 1 aromatic carbocycles. The van der Waals surface area contributed by atoms with E-state index in [0.717, 1.165) is 18.4 Å². The second kappa shape index (κ2) is 10.2. The highest BCUT2D eigenvalue weighted by molar-refractivity contribution is 5.82. The van der Waals surface area contributed by atoms with E-state index in [1.54, 1.807) is 4.90 Å². The molecule has 0 radical (unpaired) electrons. The lowest BCUT2D eigenvalue weighted by Gasteiger charge is -2.27. The molecule has 1 aromatic rings. The van der Waals surface area contributed by atoms with Crippen LogP contribution < -0.4 is 5.32 Å². The van der Waals surface area contributed by atoms with Crippen molar-refractivity contribution in [3.8, 4) is 0 Å². The number of carbonyl (C=O) groups is 3. The summed E-state index contributed by atoms with van der Waals surface area (Å²) in [5, 5.41) is 12.0. The lowest BCUT2D eigenvalue weighted by molar-refractivity contribution is -0.138. The Labute approximate surface area is 167 Å². The number of likely N-dealkylation sites (tertiary alicyclic amines) is 1. The fraction of sp³-hybridized carbons (Fsp3) is 0.591. The van der Waals surface area contributed by atoms with Crippen LogP contribution in [0, 0.1) is 5.92 Å². The van der Waals surface area contributed by atoms with Crippen LogP contribution in [-0.2, 0) is 27.3 Å². The van der Waals surface area contributed by atoms with E-state index in [9.17, 15) is 14.4 Å². The smallest absolute Gasteiger partial charge is 0.305 e. The second-order valence-electron chi connectivity index (χ2n) is 7.75. The van der Waals surface area contributed by atoms with Crippen LogP contribution in [0.15, 0.2) is 24.3 Å². The molecule has 6 heteroatoms. The monoisotopic (exact) mass is 388 g/mol. The van der Waals surface area contributed by atoms with Gasteiger partial charge in [-0.3, -0.25) is 14.4 Å². The van der Waals surface area contributed by atoms with E-state index in [1.165, 1.54) is 5.56 Å². The summed E-state index contributed by atoms with van der Waals surface area (Å²) in [5.74, 6) is -0.948. The predicted octanol–water partition coefficient (Wildman–Crippen LogP) is 3.14. The molecule has 1 aliphatic rings. The van der Waals surface area contributed by atoms with Crippen molar-refractivity contribution < 1.29 is 19.5 Å². The van der Waals surface area contributed by atoms with Gasteiger partial charge in [-0.05, 0) is 29.9 Å². The van der Waals surface area contributed by atoms with Gasteiger partial charge < -0.3 is 15.3 Å². The minimum absolute atomic E-state index is 0.0707. The van der Waals surface area contributed by atoms with Gasteiger partial charge in [-0.25, -0.2) is 0 Å². The highest BCUT2D eigenvalue weighted by Gasteiger charge is 2.33. The van der Waals surface area contributed by atoms with Crippen LogP contribution in [0.1, 0.15) is 64.0 Å². The van der Waals surface area contributed by atoms with Gasteiger partial charge in [0.1, 0.15) is 0 Å². The third-order valence-corrected chi connectivity index (χ3v) is 5.73. The summed E-state index contributed by atoms with van der Waals surface area (Å²) in [5.41, 5.74) is 2.31. The lowest BCUT2D eigenvalue weighted by atomic mass is 9.96. The van der Waals surface area contributed by atoms with Gasteiger partial charge in [0.25, 0.3) is 0 Å². The molecule has 0 aromatic heterocycles. The van der Waals surface area contributed by atoms with Crippen LogP contribution in [0.25, 0.3) is 0 Å². The van der Waals surface area contributed by atoms with E-state index in [4.69, 9.17) is 5.11 Å². The van der Waals surface area contributed by atoms with Crippen LogP contribution in [-0.4, -0.2) is 39.9 Å². The molecule has 1 unspecified atom stereocenters. The summed E-state index contributed by atoms with van der Waals surface area (Å²) in [4.78, 5) is 37.8. The third-order valence-electron chi connectivity index (χ3n) is 5.73. The summed E-state index contributed by atoms with van der Waals surface area (Å²) < 4.78 is 0. The van der Waals surface area contributed by atoms with Gasteiger partial charge in [0.05, 0.1) is 6.42 Å². The number of benzene rings is 1. The number of nitrogens with zero attached hydrogens (tertiary/aromatic N) is 1. The molecule has 0 bridgehead atoms. The number of carboxylic acid groups (broad SMARTS) is 1. The average Bonchev–Trinajstić information content (AvgIpc) is 3.00. The van der Waals surface area contributed by atoms with Gasteiger partial charge in [0, 0.05) is 31.5 Å². The van der Waals surface area contributed by atoms with Crippen molar-refractivity contribution in [2.75, 3.05) is 0 Å². The second-order valence-corrected chi connectivity index (χ2v) is 7.75. The first-order valence-electron chi connectivity index (χ1n) is 10.2. The number of hydrogen-bond acceptors (Lipinski definition) is 3. The first-order chi connectivity index (χ1) is 13.3. The maximum absolute atomic E-state index is 12.6. The van der Waals surface area contributed by atoms with Crippen LogP contribution in [0.3, 0.4) is 0 Å². The molecule has 2 rings (SSSR count). The number of hydrogen-bond donors (Lipinski definition) is 2. The fourth-order valence-electron chi connectivity index (χ4n) is 3.65. The highest BCUT2D eigenvalue weighted by atomic mass is 16.4. The molecule has 0 aliphatic carbocycles. The van der Waals surface area contributed by atoms with Gasteiger partial charge in [0.2, 0.25) is 11.8 Å². The number of aryl methyl sites for hydroxylation is 1. The Morgan fingerprint density at radius 2 is 1.86 bits per heavy atom. The normalized spacial score (nSPS) is 18.8. The number of carbonyl (C=O) groups excluding carboxylic acids is 2. The Morgan fingerprint density at radius 3 is 2.43 bits per heavy atom. The van der Waals surface area contributed by atoms with Gasteiger partial charge >= 0.3 is 5.97 Å². The summed E-state index contributed by atoms with van der Waals surface area (Å²) in [6.45, 7) is 6.53. The number of aliphatic carboxylic acids is 1. The van der Waals surface area contributed by atoms with E-state index < -0.39 is 5.97 Å². The van der Waals surface area contributed by atoms with E-state index >= 15 is 0 Å². The summed E-state index contributed by atoms with van der Waals surface area (Å²) in [7, 11) is 0. The first kappa shape index (κ1) is 21.9. The zero-order valence-electron chi connectivity index (χ0n) is 17.1. The molecule has 0 spiro atoms. The van der Waals surface area contributed by atoms with Crippen LogP contribution in [0.2, 0.25) is 0 Å². The largest absolute Gasteiger partial charge is 0.481 e. The zero-order chi connectivity index (χ0) is 20.7. The predicted molar refractivity (Wildman–Crippen MR) is 108 cm³/mol. The molecule has 1 aliphatic heterocycles. The van der Waals surface area contributed by atoms with Gasteiger partial charge in [-0.2, -0.15) is 0 Å². The van der Waals surface area contributed by atoms with Crippen molar-refractivity contribution in [3.63, 3.8) is 0 Å². The van der Waals surface area contributed by atoms with Crippen LogP contribution in [0.4, 0.5) is 0 Å². The minimum atomic E-state index is -0.918. The Balaban J connectivity index is 1.98. The van der Waals surface area contributed by atoms with Crippen molar-refractivity contribution in [2.24, 2.45) is 5.92 Å². The summed E-state index contributed by atoms with van der Waals surface area (Å²) >= 11 is 0. The Morgan fingerprint density at radius 1 is 1.21 bits per heavy atom. The minimum Gasteiger partial charge on any atom is -0.481 e. The van der Waals surface area contributed by atoms with E-state index in [1.807, 2.05) is 26.0 Å². The summed E-state index contributed by atoms with van der Waals surface area (Å²) in [6, 6.07) is 7.68. The standard InChI is InChI=1S/C22H32N2O4/c1-4-15(3)19(13-22(27)28)23-20(25)12-18-10-11-21(26)24(18)14-17-8-6-16(5-2)7-9-17/h6-9,15,18-19H,4-5,10-14H2,1-3H3,(H,23,25)(H,27,28)/t15-,18?,19-/m1/s1. The van der Waals surface area contributed by atoms with E-state index in [0.29, 0.717) is 19.4 Å². The number of amides is 2. The molecule has 2 N–H and O–H groups in total. The third kappa shape index (κ3) is 6.08. The topological polar surface area (TPSA) is 86.7 Å². The van der Waals surface area contributed by atoms with Crippen molar-refractivity contribution in [2.45, 2.75) is 77.9 Å². The summed E-state index contributed by atoms with van der Waals surface area (Å²) in [6.07, 6.45) is 3.00. The first-order valence-corrected chi connectivity index (χ1v) is 10.2. The highest BCUT2D eigenvalue weighted by Crippen LogP contribution is 2.24. The molecule has 1 heterocycles. The Bertz CT molecular complexity index is 686. The molecule has 1 saturated heterocycles. The molecule has 154 valence electrons. The maximum Gasteiger partial charge on any atom is 0.305 e. The van der Waals surface area contributed by atoms with E-state index in [2.05, 4.69) is 24.4 Å². The molecule has 1 fully saturated rings. The van der Waals surface area contributed by atoms with E-state index in [-0.39, 0.29) is 42.7 Å². The molecule has 0 saturated carbocycles. The van der Waals surface area contributed by atoms with Crippen molar-refractivity contribution in [3.05, 3.63) is 35.4 Å². The van der Waals surface area contributed by atoms with Gasteiger partial charge in [-0.1, -0.05) is 51.5 Å². The molecule has 6 nitrogen and oxygen atoms in total. The molecular formula is C22H32N2O4. The maximum atomic E-state index is 12.6. The SMILES string of the molecule is CCc1ccc(CN2C(=O)CCC2CC(=O)N[C@H](CC(=O)O)[C@H](C)CC)cc1. The Hall–Kier alpha value is -2.37. The van der Waals surface area contributed by atoms with Gasteiger partial charge in [0.15, 0.2) is 0 Å². The van der Waals surface area contributed by atoms with Crippen LogP contribution in [0.5, 0.6) is 0 Å². The van der Waals surface area contributed by atoms with Crippen molar-refractivity contribution in [1.29, 1.82) is 0 Å². The number of rotatable bonds is 10. The number of nitrogens with one attached hydrogen (secondary N) is 1. The number of carboxylic acids is 1. The quantitative estimate of drug-likeness (QED) is 0.645. The van der Waals surface area contributed by atoms with Crippen LogP contribution >= 0.6 is 0 Å². The molecule has 3 atom stereocenters. The molecule has 2 amide bonds.